The molecule has 0 saturated heterocycles. The van der Waals surface area contributed by atoms with Gasteiger partial charge in [0.15, 0.2) is 0 Å². The average molecular weight is 225 g/mol. The number of alkyl halides is 1. The van der Waals surface area contributed by atoms with Crippen molar-refractivity contribution in [1.29, 1.82) is 0 Å². The summed E-state index contributed by atoms with van der Waals surface area (Å²) in [5.74, 6) is 1.70. The van der Waals surface area contributed by atoms with Gasteiger partial charge in [0.1, 0.15) is 5.82 Å². The molecule has 82 valence electrons. The molecule has 1 saturated carbocycles. The Morgan fingerprint density at radius 1 is 1.53 bits per heavy atom. The zero-order valence-electron chi connectivity index (χ0n) is 9.04. The number of aromatic nitrogens is 1. The summed E-state index contributed by atoms with van der Waals surface area (Å²) in [7, 11) is 0. The molecule has 2 atom stereocenters. The van der Waals surface area contributed by atoms with Crippen LogP contribution in [0.1, 0.15) is 24.8 Å². The van der Waals surface area contributed by atoms with Gasteiger partial charge in [0, 0.05) is 18.1 Å². The summed E-state index contributed by atoms with van der Waals surface area (Å²) in [5, 5.41) is 3.77. The third kappa shape index (κ3) is 3.10. The van der Waals surface area contributed by atoms with E-state index in [0.29, 0.717) is 5.38 Å². The number of halogens is 1. The second kappa shape index (κ2) is 4.84. The first-order valence-corrected chi connectivity index (χ1v) is 5.98. The number of nitrogens with one attached hydrogen (secondary N) is 1. The van der Waals surface area contributed by atoms with Crippen LogP contribution in [-0.2, 0) is 0 Å². The van der Waals surface area contributed by atoms with Gasteiger partial charge in [0.2, 0.25) is 0 Å². The zero-order valence-corrected chi connectivity index (χ0v) is 9.80. The molecule has 15 heavy (non-hydrogen) atoms. The summed E-state index contributed by atoms with van der Waals surface area (Å²) in [6, 6.07) is 4.09. The van der Waals surface area contributed by atoms with Crippen molar-refractivity contribution in [1.82, 2.24) is 4.98 Å². The molecule has 0 bridgehead atoms. The van der Waals surface area contributed by atoms with Crippen molar-refractivity contribution >= 4 is 17.4 Å². The van der Waals surface area contributed by atoms with Crippen LogP contribution in [0.3, 0.4) is 0 Å². The van der Waals surface area contributed by atoms with Gasteiger partial charge < -0.3 is 5.32 Å². The van der Waals surface area contributed by atoms with E-state index in [1.54, 1.807) is 0 Å². The first-order valence-electron chi connectivity index (χ1n) is 5.54. The van der Waals surface area contributed by atoms with Crippen molar-refractivity contribution < 1.29 is 0 Å². The number of rotatable bonds is 3. The number of pyridine rings is 1. The highest BCUT2D eigenvalue weighted by atomic mass is 35.5. The molecule has 1 N–H and O–H groups in total. The SMILES string of the molecule is Cc1ccnc(NCC2CCC(Cl)C2)c1. The summed E-state index contributed by atoms with van der Waals surface area (Å²) in [6.45, 7) is 3.08. The van der Waals surface area contributed by atoms with Gasteiger partial charge in [-0.2, -0.15) is 0 Å². The third-order valence-corrected chi connectivity index (χ3v) is 3.36. The monoisotopic (exact) mass is 224 g/mol. The highest BCUT2D eigenvalue weighted by Gasteiger charge is 2.22. The molecule has 0 aliphatic heterocycles. The standard InChI is InChI=1S/C12H17ClN2/c1-9-4-5-14-12(6-9)15-8-10-2-3-11(13)7-10/h4-6,10-11H,2-3,7-8H2,1H3,(H,14,15). The smallest absolute Gasteiger partial charge is 0.126 e. The Bertz CT molecular complexity index is 327. The van der Waals surface area contributed by atoms with Crippen LogP contribution in [0.2, 0.25) is 0 Å². The van der Waals surface area contributed by atoms with Crippen LogP contribution in [-0.4, -0.2) is 16.9 Å². The molecule has 1 aromatic rings. The van der Waals surface area contributed by atoms with E-state index >= 15 is 0 Å². The van der Waals surface area contributed by atoms with Crippen molar-refractivity contribution in [3.63, 3.8) is 0 Å². The molecule has 0 spiro atoms. The van der Waals surface area contributed by atoms with Crippen molar-refractivity contribution in [2.45, 2.75) is 31.6 Å². The Hall–Kier alpha value is -0.760. The average Bonchev–Trinajstić information content (AvgIpc) is 2.62. The minimum atomic E-state index is 0.391. The van der Waals surface area contributed by atoms with Gasteiger partial charge in [-0.1, -0.05) is 0 Å². The molecule has 0 amide bonds. The maximum Gasteiger partial charge on any atom is 0.126 e. The van der Waals surface area contributed by atoms with Crippen molar-refractivity contribution in [2.24, 2.45) is 5.92 Å². The van der Waals surface area contributed by atoms with E-state index in [2.05, 4.69) is 23.3 Å². The van der Waals surface area contributed by atoms with Crippen molar-refractivity contribution in [3.8, 4) is 0 Å². The largest absolute Gasteiger partial charge is 0.370 e. The maximum atomic E-state index is 6.07. The molecule has 2 unspecified atom stereocenters. The summed E-state index contributed by atoms with van der Waals surface area (Å²) >= 11 is 6.07. The first-order chi connectivity index (χ1) is 7.24. The lowest BCUT2D eigenvalue weighted by molar-refractivity contribution is 0.579. The predicted molar refractivity (Wildman–Crippen MR) is 64.4 cm³/mol. The molecule has 1 aliphatic carbocycles. The number of anilines is 1. The number of aryl methyl sites for hydroxylation is 1. The molecular formula is C12H17ClN2. The molecule has 1 aliphatic rings. The lowest BCUT2D eigenvalue weighted by atomic mass is 10.1. The molecule has 2 nitrogen and oxygen atoms in total. The van der Waals surface area contributed by atoms with E-state index in [4.69, 9.17) is 11.6 Å². The van der Waals surface area contributed by atoms with Crippen LogP contribution < -0.4 is 5.32 Å². The van der Waals surface area contributed by atoms with Gasteiger partial charge in [0.05, 0.1) is 0 Å². The normalized spacial score (nSPS) is 25.5. The molecular weight excluding hydrogens is 208 g/mol. The van der Waals surface area contributed by atoms with Gasteiger partial charge in [-0.15, -0.1) is 11.6 Å². The molecule has 0 aromatic carbocycles. The third-order valence-electron chi connectivity index (χ3n) is 2.96. The summed E-state index contributed by atoms with van der Waals surface area (Å²) < 4.78 is 0. The fourth-order valence-electron chi connectivity index (χ4n) is 2.08. The maximum absolute atomic E-state index is 6.07. The van der Waals surface area contributed by atoms with Gasteiger partial charge in [-0.05, 0) is 49.8 Å². The van der Waals surface area contributed by atoms with Gasteiger partial charge in [-0.25, -0.2) is 4.98 Å². The van der Waals surface area contributed by atoms with Crippen LogP contribution in [0.15, 0.2) is 18.3 Å². The van der Waals surface area contributed by atoms with Crippen molar-refractivity contribution in [3.05, 3.63) is 23.9 Å². The fourth-order valence-corrected chi connectivity index (χ4v) is 2.46. The van der Waals surface area contributed by atoms with E-state index in [-0.39, 0.29) is 0 Å². The molecule has 1 aromatic heterocycles. The predicted octanol–water partition coefficient (Wildman–Crippen LogP) is 3.21. The van der Waals surface area contributed by atoms with E-state index in [1.165, 1.54) is 12.0 Å². The second-order valence-corrected chi connectivity index (χ2v) is 4.99. The lowest BCUT2D eigenvalue weighted by Gasteiger charge is -2.11. The van der Waals surface area contributed by atoms with Gasteiger partial charge in [0.25, 0.3) is 0 Å². The van der Waals surface area contributed by atoms with Crippen LogP contribution in [0.5, 0.6) is 0 Å². The number of nitrogens with zero attached hydrogens (tertiary/aromatic N) is 1. The topological polar surface area (TPSA) is 24.9 Å². The minimum Gasteiger partial charge on any atom is -0.370 e. The minimum absolute atomic E-state index is 0.391. The first kappa shape index (κ1) is 10.7. The fraction of sp³-hybridized carbons (Fsp3) is 0.583. The number of hydrogen-bond donors (Lipinski definition) is 1. The van der Waals surface area contributed by atoms with E-state index in [1.807, 2.05) is 12.3 Å². The Morgan fingerprint density at radius 3 is 3.07 bits per heavy atom. The summed E-state index contributed by atoms with van der Waals surface area (Å²) in [6.07, 6.45) is 5.39. The second-order valence-electron chi connectivity index (χ2n) is 4.38. The zero-order chi connectivity index (χ0) is 10.7. The Kier molecular flexibility index (Phi) is 3.47. The number of hydrogen-bond acceptors (Lipinski definition) is 2. The lowest BCUT2D eigenvalue weighted by Crippen LogP contribution is -2.12. The van der Waals surface area contributed by atoms with Crippen molar-refractivity contribution in [2.75, 3.05) is 11.9 Å². The Balaban J connectivity index is 1.83. The summed E-state index contributed by atoms with van der Waals surface area (Å²) in [5.41, 5.74) is 1.24. The van der Waals surface area contributed by atoms with Crippen LogP contribution in [0.25, 0.3) is 0 Å². The van der Waals surface area contributed by atoms with E-state index in [0.717, 1.165) is 31.1 Å². The van der Waals surface area contributed by atoms with E-state index in [9.17, 15) is 0 Å². The molecule has 1 heterocycles. The highest BCUT2D eigenvalue weighted by Crippen LogP contribution is 2.29. The van der Waals surface area contributed by atoms with Gasteiger partial charge >= 0.3 is 0 Å². The van der Waals surface area contributed by atoms with Crippen LogP contribution in [0.4, 0.5) is 5.82 Å². The van der Waals surface area contributed by atoms with Crippen LogP contribution >= 0.6 is 11.6 Å². The van der Waals surface area contributed by atoms with Gasteiger partial charge in [-0.3, -0.25) is 0 Å². The Labute approximate surface area is 96.1 Å². The van der Waals surface area contributed by atoms with E-state index < -0.39 is 0 Å². The van der Waals surface area contributed by atoms with Crippen LogP contribution in [0, 0.1) is 12.8 Å². The molecule has 3 heteroatoms. The highest BCUT2D eigenvalue weighted by molar-refractivity contribution is 6.20. The molecule has 1 fully saturated rings. The molecule has 0 radical (unpaired) electrons. The Morgan fingerprint density at radius 2 is 2.40 bits per heavy atom. The quantitative estimate of drug-likeness (QED) is 0.798. The summed E-state index contributed by atoms with van der Waals surface area (Å²) in [4.78, 5) is 4.28. The molecule has 2 rings (SSSR count).